The molecule has 0 aliphatic carbocycles. The van der Waals surface area contributed by atoms with Gasteiger partial charge in [0.15, 0.2) is 0 Å². The van der Waals surface area contributed by atoms with Gasteiger partial charge in [0, 0.05) is 18.0 Å². The Hall–Kier alpha value is -2.21. The molecular weight excluding hydrogens is 382 g/mol. The Bertz CT molecular complexity index is 953. The third kappa shape index (κ3) is 4.56. The first-order valence-electron chi connectivity index (χ1n) is 8.78. The van der Waals surface area contributed by atoms with Crippen molar-refractivity contribution in [3.63, 3.8) is 0 Å². The van der Waals surface area contributed by atoms with E-state index >= 15 is 0 Å². The van der Waals surface area contributed by atoms with Gasteiger partial charge in [0.25, 0.3) is 10.0 Å². The first kappa shape index (κ1) is 19.5. The number of nitriles is 1. The van der Waals surface area contributed by atoms with Gasteiger partial charge in [-0.2, -0.15) is 9.57 Å². The zero-order valence-electron chi connectivity index (χ0n) is 15.0. The van der Waals surface area contributed by atoms with Crippen molar-refractivity contribution in [3.8, 4) is 6.07 Å². The number of carbonyl (C=O) groups excluding carboxylic acids is 1. The van der Waals surface area contributed by atoms with Gasteiger partial charge in [-0.15, -0.1) is 11.3 Å². The zero-order chi connectivity index (χ0) is 19.4. The topological polar surface area (TPSA) is 90.3 Å². The number of hydrogen-bond acceptors (Lipinski definition) is 5. The SMILES string of the molecule is CC(NC(=O)Cc1ccc(S(=O)(=O)N2CCCC2)s1)c1ccc(C#N)cc1. The van der Waals surface area contributed by atoms with Gasteiger partial charge in [-0.1, -0.05) is 12.1 Å². The molecule has 1 N–H and O–H groups in total. The van der Waals surface area contributed by atoms with Gasteiger partial charge >= 0.3 is 0 Å². The lowest BCUT2D eigenvalue weighted by Crippen LogP contribution is -2.28. The fourth-order valence-electron chi connectivity index (χ4n) is 3.03. The molecule has 8 heteroatoms. The normalized spacial score (nSPS) is 16.0. The molecule has 1 aromatic heterocycles. The average Bonchev–Trinajstić information content (AvgIpc) is 3.34. The van der Waals surface area contributed by atoms with Crippen molar-refractivity contribution in [2.75, 3.05) is 13.1 Å². The van der Waals surface area contributed by atoms with E-state index in [1.165, 1.54) is 4.31 Å². The van der Waals surface area contributed by atoms with Crippen molar-refractivity contribution >= 4 is 27.3 Å². The summed E-state index contributed by atoms with van der Waals surface area (Å²) in [4.78, 5) is 13.0. The number of carbonyl (C=O) groups is 1. The molecule has 1 atom stereocenters. The van der Waals surface area contributed by atoms with Crippen LogP contribution >= 0.6 is 11.3 Å². The third-order valence-corrected chi connectivity index (χ3v) is 8.00. The summed E-state index contributed by atoms with van der Waals surface area (Å²) in [5, 5.41) is 11.8. The molecule has 1 aromatic carbocycles. The fourth-order valence-corrected chi connectivity index (χ4v) is 6.05. The van der Waals surface area contributed by atoms with Gasteiger partial charge < -0.3 is 5.32 Å². The van der Waals surface area contributed by atoms with Crippen LogP contribution in [0.25, 0.3) is 0 Å². The van der Waals surface area contributed by atoms with E-state index in [0.29, 0.717) is 22.9 Å². The minimum atomic E-state index is -3.43. The molecule has 1 aliphatic heterocycles. The van der Waals surface area contributed by atoms with Gasteiger partial charge in [0.05, 0.1) is 24.1 Å². The Morgan fingerprint density at radius 3 is 2.52 bits per heavy atom. The number of rotatable bonds is 6. The van der Waals surface area contributed by atoms with Crippen LogP contribution in [0.3, 0.4) is 0 Å². The van der Waals surface area contributed by atoms with Crippen LogP contribution in [0.1, 0.15) is 41.8 Å². The molecule has 1 fully saturated rings. The predicted octanol–water partition coefficient (Wildman–Crippen LogP) is 2.82. The maximum atomic E-state index is 12.6. The molecule has 6 nitrogen and oxygen atoms in total. The second kappa shape index (κ2) is 8.21. The minimum absolute atomic E-state index is 0.140. The van der Waals surface area contributed by atoms with E-state index < -0.39 is 10.0 Å². The van der Waals surface area contributed by atoms with Gasteiger partial charge in [-0.25, -0.2) is 8.42 Å². The summed E-state index contributed by atoms with van der Waals surface area (Å²) in [6.07, 6.45) is 1.93. The molecular formula is C19H21N3O3S2. The van der Waals surface area contributed by atoms with E-state index in [9.17, 15) is 13.2 Å². The molecule has 2 aromatic rings. The Kier molecular flexibility index (Phi) is 5.95. The highest BCUT2D eigenvalue weighted by Crippen LogP contribution is 2.27. The van der Waals surface area contributed by atoms with E-state index in [-0.39, 0.29) is 18.4 Å². The molecule has 1 saturated heterocycles. The molecule has 1 unspecified atom stereocenters. The van der Waals surface area contributed by atoms with Crippen LogP contribution in [0.15, 0.2) is 40.6 Å². The quantitative estimate of drug-likeness (QED) is 0.803. The van der Waals surface area contributed by atoms with Crippen LogP contribution in [0, 0.1) is 11.3 Å². The summed E-state index contributed by atoms with van der Waals surface area (Å²) in [5.41, 5.74) is 1.48. The van der Waals surface area contributed by atoms with Crippen LogP contribution < -0.4 is 5.32 Å². The Morgan fingerprint density at radius 1 is 1.22 bits per heavy atom. The van der Waals surface area contributed by atoms with Crippen molar-refractivity contribution in [3.05, 3.63) is 52.4 Å². The highest BCUT2D eigenvalue weighted by atomic mass is 32.2. The van der Waals surface area contributed by atoms with E-state index in [4.69, 9.17) is 5.26 Å². The second-order valence-electron chi connectivity index (χ2n) is 6.53. The number of benzene rings is 1. The highest BCUT2D eigenvalue weighted by Gasteiger charge is 2.28. The molecule has 27 heavy (non-hydrogen) atoms. The van der Waals surface area contributed by atoms with Gasteiger partial charge in [0.2, 0.25) is 5.91 Å². The lowest BCUT2D eigenvalue weighted by molar-refractivity contribution is -0.121. The number of nitrogens with zero attached hydrogens (tertiary/aromatic N) is 2. The maximum Gasteiger partial charge on any atom is 0.252 e. The first-order valence-corrected chi connectivity index (χ1v) is 11.0. The van der Waals surface area contributed by atoms with Gasteiger partial charge in [-0.3, -0.25) is 4.79 Å². The zero-order valence-corrected chi connectivity index (χ0v) is 16.6. The summed E-state index contributed by atoms with van der Waals surface area (Å²) < 4.78 is 26.9. The number of nitrogens with one attached hydrogen (secondary N) is 1. The number of sulfonamides is 1. The van der Waals surface area contributed by atoms with Crippen LogP contribution in [0.4, 0.5) is 0 Å². The number of hydrogen-bond donors (Lipinski definition) is 1. The monoisotopic (exact) mass is 403 g/mol. The van der Waals surface area contributed by atoms with Crippen molar-refractivity contribution in [2.24, 2.45) is 0 Å². The smallest absolute Gasteiger partial charge is 0.252 e. The van der Waals surface area contributed by atoms with Crippen LogP contribution in [-0.4, -0.2) is 31.7 Å². The molecule has 0 spiro atoms. The van der Waals surface area contributed by atoms with Gasteiger partial charge in [-0.05, 0) is 49.6 Å². The largest absolute Gasteiger partial charge is 0.349 e. The summed E-state index contributed by atoms with van der Waals surface area (Å²) in [6, 6.07) is 12.2. The van der Waals surface area contributed by atoms with Gasteiger partial charge in [0.1, 0.15) is 4.21 Å². The second-order valence-corrected chi connectivity index (χ2v) is 9.86. The lowest BCUT2D eigenvalue weighted by atomic mass is 10.1. The van der Waals surface area contributed by atoms with E-state index in [1.807, 2.05) is 19.1 Å². The average molecular weight is 404 g/mol. The number of thiophene rings is 1. The highest BCUT2D eigenvalue weighted by molar-refractivity contribution is 7.91. The molecule has 1 aliphatic rings. The van der Waals surface area contributed by atoms with E-state index in [2.05, 4.69) is 11.4 Å². The predicted molar refractivity (Wildman–Crippen MR) is 104 cm³/mol. The summed E-state index contributed by atoms with van der Waals surface area (Å²) >= 11 is 1.16. The molecule has 1 amide bonds. The Morgan fingerprint density at radius 2 is 1.89 bits per heavy atom. The minimum Gasteiger partial charge on any atom is -0.349 e. The van der Waals surface area contributed by atoms with Crippen LogP contribution in [0.5, 0.6) is 0 Å². The first-order chi connectivity index (χ1) is 12.9. The molecule has 2 heterocycles. The number of amides is 1. The standard InChI is InChI=1S/C19H21N3O3S2/c1-14(16-6-4-15(13-20)5-7-16)21-18(23)12-17-8-9-19(26-17)27(24,25)22-10-2-3-11-22/h4-9,14H,2-3,10-12H2,1H3,(H,21,23). The molecule has 0 saturated carbocycles. The van der Waals surface area contributed by atoms with Crippen molar-refractivity contribution in [1.29, 1.82) is 5.26 Å². The molecule has 0 bridgehead atoms. The summed E-state index contributed by atoms with van der Waals surface area (Å²) in [6.45, 7) is 3.01. The summed E-state index contributed by atoms with van der Waals surface area (Å²) in [5.74, 6) is -0.168. The Balaban J connectivity index is 1.61. The van der Waals surface area contributed by atoms with Crippen molar-refractivity contribution in [2.45, 2.75) is 36.4 Å². The molecule has 0 radical (unpaired) electrons. The fraction of sp³-hybridized carbons (Fsp3) is 0.368. The van der Waals surface area contributed by atoms with Crippen molar-refractivity contribution in [1.82, 2.24) is 9.62 Å². The summed E-state index contributed by atoms with van der Waals surface area (Å²) in [7, 11) is -3.43. The van der Waals surface area contributed by atoms with Crippen molar-refractivity contribution < 1.29 is 13.2 Å². The van der Waals surface area contributed by atoms with Crippen LogP contribution in [0.2, 0.25) is 0 Å². The van der Waals surface area contributed by atoms with E-state index in [1.54, 1.807) is 24.3 Å². The maximum absolute atomic E-state index is 12.6. The van der Waals surface area contributed by atoms with Crippen LogP contribution in [-0.2, 0) is 21.2 Å². The molecule has 142 valence electrons. The van der Waals surface area contributed by atoms with E-state index in [0.717, 1.165) is 34.6 Å². The lowest BCUT2D eigenvalue weighted by Gasteiger charge is -2.14. The molecule has 3 rings (SSSR count). The third-order valence-electron chi connectivity index (χ3n) is 4.55. The Labute approximate surface area is 163 Å².